The first-order valence-corrected chi connectivity index (χ1v) is 9.41. The molecule has 0 radical (unpaired) electrons. The van der Waals surface area contributed by atoms with Gasteiger partial charge in [0.15, 0.2) is 5.96 Å². The second-order valence-corrected chi connectivity index (χ2v) is 7.27. The van der Waals surface area contributed by atoms with Crippen LogP contribution < -0.4 is 10.6 Å². The molecule has 1 aliphatic heterocycles. The van der Waals surface area contributed by atoms with Gasteiger partial charge in [-0.15, -0.1) is 0 Å². The van der Waals surface area contributed by atoms with Crippen molar-refractivity contribution in [2.45, 2.75) is 57.8 Å². The number of nitrogens with zero attached hydrogens (tertiary/aromatic N) is 2. The summed E-state index contributed by atoms with van der Waals surface area (Å²) in [7, 11) is 4.10. The number of piperidine rings is 1. The molecule has 0 amide bonds. The number of rotatable bonds is 6. The molecule has 0 unspecified atom stereocenters. The predicted octanol–water partition coefficient (Wildman–Crippen LogP) is 2.85. The van der Waals surface area contributed by atoms with Crippen molar-refractivity contribution in [3.8, 4) is 0 Å². The lowest BCUT2D eigenvalue weighted by Gasteiger charge is -2.29. The molecule has 0 aromatic heterocycles. The Kier molecular flexibility index (Phi) is 8.06. The fraction of sp³-hybridized carbons (Fsp3) is 0.944. The molecule has 2 rings (SSSR count). The van der Waals surface area contributed by atoms with Gasteiger partial charge in [0.25, 0.3) is 0 Å². The first-order chi connectivity index (χ1) is 10.8. The van der Waals surface area contributed by atoms with Crippen LogP contribution >= 0.6 is 0 Å². The third-order valence-electron chi connectivity index (χ3n) is 5.43. The molecule has 2 fully saturated rings. The van der Waals surface area contributed by atoms with Gasteiger partial charge in [0, 0.05) is 20.1 Å². The van der Waals surface area contributed by atoms with Gasteiger partial charge in [-0.1, -0.05) is 32.1 Å². The molecule has 1 aliphatic carbocycles. The smallest absolute Gasteiger partial charge is 0.190 e. The average molecular weight is 309 g/mol. The van der Waals surface area contributed by atoms with E-state index in [4.69, 9.17) is 0 Å². The molecule has 1 saturated carbocycles. The topological polar surface area (TPSA) is 39.7 Å². The molecule has 0 bridgehead atoms. The summed E-state index contributed by atoms with van der Waals surface area (Å²) in [5, 5.41) is 7.00. The van der Waals surface area contributed by atoms with E-state index in [0.29, 0.717) is 0 Å². The van der Waals surface area contributed by atoms with Crippen LogP contribution in [0, 0.1) is 11.8 Å². The average Bonchev–Trinajstić information content (AvgIpc) is 2.57. The summed E-state index contributed by atoms with van der Waals surface area (Å²) >= 11 is 0. The molecule has 0 atom stereocenters. The van der Waals surface area contributed by atoms with Crippen LogP contribution in [0.1, 0.15) is 57.8 Å². The van der Waals surface area contributed by atoms with Crippen LogP contribution in [0.2, 0.25) is 0 Å². The van der Waals surface area contributed by atoms with Crippen molar-refractivity contribution < 1.29 is 0 Å². The Balaban J connectivity index is 1.53. The zero-order chi connectivity index (χ0) is 15.6. The Morgan fingerprint density at radius 1 is 1.00 bits per heavy atom. The van der Waals surface area contributed by atoms with Crippen LogP contribution in [0.5, 0.6) is 0 Å². The highest BCUT2D eigenvalue weighted by molar-refractivity contribution is 5.79. The summed E-state index contributed by atoms with van der Waals surface area (Å²) in [5.41, 5.74) is 0. The van der Waals surface area contributed by atoms with Crippen LogP contribution in [-0.2, 0) is 0 Å². The fourth-order valence-electron chi connectivity index (χ4n) is 3.80. The molecule has 4 heteroatoms. The molecule has 22 heavy (non-hydrogen) atoms. The molecular formula is C18H36N4. The van der Waals surface area contributed by atoms with Gasteiger partial charge in [0.05, 0.1) is 0 Å². The molecule has 2 N–H and O–H groups in total. The summed E-state index contributed by atoms with van der Waals surface area (Å²) in [6, 6.07) is 0. The van der Waals surface area contributed by atoms with Crippen LogP contribution in [-0.4, -0.2) is 51.1 Å². The quantitative estimate of drug-likeness (QED) is 0.450. The zero-order valence-electron chi connectivity index (χ0n) is 14.7. The minimum absolute atomic E-state index is 0.803. The number of likely N-dealkylation sites (tertiary alicyclic amines) is 1. The second-order valence-electron chi connectivity index (χ2n) is 7.27. The second kappa shape index (κ2) is 10.1. The zero-order valence-corrected chi connectivity index (χ0v) is 14.7. The van der Waals surface area contributed by atoms with Gasteiger partial charge < -0.3 is 15.5 Å². The van der Waals surface area contributed by atoms with E-state index in [2.05, 4.69) is 27.6 Å². The molecule has 128 valence electrons. The normalized spacial score (nSPS) is 22.7. The molecule has 0 spiro atoms. The van der Waals surface area contributed by atoms with E-state index in [1.165, 1.54) is 70.9 Å². The summed E-state index contributed by atoms with van der Waals surface area (Å²) in [6.07, 6.45) is 12.6. The van der Waals surface area contributed by atoms with Crippen LogP contribution in [0.3, 0.4) is 0 Å². The van der Waals surface area contributed by atoms with E-state index < -0.39 is 0 Å². The number of aliphatic imine (C=N–C) groups is 1. The third kappa shape index (κ3) is 6.55. The van der Waals surface area contributed by atoms with Crippen molar-refractivity contribution in [2.75, 3.05) is 40.3 Å². The van der Waals surface area contributed by atoms with Crippen molar-refractivity contribution >= 4 is 5.96 Å². The van der Waals surface area contributed by atoms with E-state index >= 15 is 0 Å². The lowest BCUT2D eigenvalue weighted by molar-refractivity contribution is 0.220. The van der Waals surface area contributed by atoms with Crippen LogP contribution in [0.4, 0.5) is 0 Å². The molecule has 0 aromatic carbocycles. The van der Waals surface area contributed by atoms with E-state index in [9.17, 15) is 0 Å². The number of hydrogen-bond donors (Lipinski definition) is 2. The third-order valence-corrected chi connectivity index (χ3v) is 5.43. The van der Waals surface area contributed by atoms with Gasteiger partial charge in [0.1, 0.15) is 0 Å². The highest BCUT2D eigenvalue weighted by Gasteiger charge is 2.16. The lowest BCUT2D eigenvalue weighted by atomic mass is 9.86. The number of nitrogens with one attached hydrogen (secondary N) is 2. The summed E-state index contributed by atoms with van der Waals surface area (Å²) in [4.78, 5) is 6.78. The van der Waals surface area contributed by atoms with Gasteiger partial charge in [-0.3, -0.25) is 4.99 Å². The van der Waals surface area contributed by atoms with Gasteiger partial charge in [-0.25, -0.2) is 0 Å². The highest BCUT2D eigenvalue weighted by Crippen LogP contribution is 2.26. The van der Waals surface area contributed by atoms with Gasteiger partial charge in [-0.05, 0) is 57.7 Å². The molecule has 1 saturated heterocycles. The maximum absolute atomic E-state index is 4.36. The Labute approximate surface area is 137 Å². The Morgan fingerprint density at radius 3 is 2.41 bits per heavy atom. The van der Waals surface area contributed by atoms with E-state index in [1.807, 2.05) is 7.05 Å². The predicted molar refractivity (Wildman–Crippen MR) is 95.4 cm³/mol. The Hall–Kier alpha value is -0.770. The van der Waals surface area contributed by atoms with Crippen molar-refractivity contribution in [1.82, 2.24) is 15.5 Å². The standard InChI is InChI=1S/C18H36N4/c1-19-18(21-15-17-10-13-22(2)14-11-17)20-12-6-9-16-7-4-3-5-8-16/h16-17H,3-15H2,1-2H3,(H2,19,20,21). The summed E-state index contributed by atoms with van der Waals surface area (Å²) < 4.78 is 0. The fourth-order valence-corrected chi connectivity index (χ4v) is 3.80. The lowest BCUT2D eigenvalue weighted by Crippen LogP contribution is -2.42. The van der Waals surface area contributed by atoms with E-state index in [1.54, 1.807) is 0 Å². The molecular weight excluding hydrogens is 272 g/mol. The largest absolute Gasteiger partial charge is 0.356 e. The van der Waals surface area contributed by atoms with Crippen molar-refractivity contribution in [3.05, 3.63) is 0 Å². The van der Waals surface area contributed by atoms with Crippen LogP contribution in [0.25, 0.3) is 0 Å². The maximum Gasteiger partial charge on any atom is 0.190 e. The van der Waals surface area contributed by atoms with E-state index in [0.717, 1.165) is 30.9 Å². The first-order valence-electron chi connectivity index (χ1n) is 9.41. The van der Waals surface area contributed by atoms with Gasteiger partial charge in [0.2, 0.25) is 0 Å². The molecule has 4 nitrogen and oxygen atoms in total. The Morgan fingerprint density at radius 2 is 1.73 bits per heavy atom. The SMILES string of the molecule is CN=C(NCCCC1CCCCC1)NCC1CCN(C)CC1. The number of guanidine groups is 1. The first kappa shape index (κ1) is 17.6. The van der Waals surface area contributed by atoms with Crippen molar-refractivity contribution in [3.63, 3.8) is 0 Å². The maximum atomic E-state index is 4.36. The minimum Gasteiger partial charge on any atom is -0.356 e. The van der Waals surface area contributed by atoms with Crippen LogP contribution in [0.15, 0.2) is 4.99 Å². The highest BCUT2D eigenvalue weighted by atomic mass is 15.2. The van der Waals surface area contributed by atoms with Crippen molar-refractivity contribution in [2.24, 2.45) is 16.8 Å². The number of hydrogen-bond acceptors (Lipinski definition) is 2. The summed E-state index contributed by atoms with van der Waals surface area (Å²) in [6.45, 7) is 4.60. The molecule has 0 aromatic rings. The summed E-state index contributed by atoms with van der Waals surface area (Å²) in [5.74, 6) is 2.78. The molecule has 2 aliphatic rings. The monoisotopic (exact) mass is 308 g/mol. The Bertz CT molecular complexity index is 315. The van der Waals surface area contributed by atoms with Gasteiger partial charge >= 0.3 is 0 Å². The minimum atomic E-state index is 0.803. The molecule has 1 heterocycles. The van der Waals surface area contributed by atoms with Crippen molar-refractivity contribution in [1.29, 1.82) is 0 Å². The van der Waals surface area contributed by atoms with Gasteiger partial charge in [-0.2, -0.15) is 0 Å². The van der Waals surface area contributed by atoms with E-state index in [-0.39, 0.29) is 0 Å².